The smallest absolute Gasteiger partial charge is 0.273 e. The molecule has 0 bridgehead atoms. The molecular formula is C19H22N2O2S. The molecule has 1 amide bonds. The van der Waals surface area contributed by atoms with Gasteiger partial charge in [-0.3, -0.25) is 4.79 Å². The van der Waals surface area contributed by atoms with Gasteiger partial charge in [-0.25, -0.2) is 4.98 Å². The molecule has 0 radical (unpaired) electrons. The number of carbonyl (C=O) groups is 2. The van der Waals surface area contributed by atoms with Gasteiger partial charge in [-0.2, -0.15) is 0 Å². The molecule has 0 saturated carbocycles. The summed E-state index contributed by atoms with van der Waals surface area (Å²) in [5, 5.41) is 2.64. The van der Waals surface area contributed by atoms with Crippen molar-refractivity contribution < 1.29 is 9.59 Å². The highest BCUT2D eigenvalue weighted by Crippen LogP contribution is 2.31. The van der Waals surface area contributed by atoms with Crippen molar-refractivity contribution in [2.45, 2.75) is 38.5 Å². The summed E-state index contributed by atoms with van der Waals surface area (Å²) in [5.41, 5.74) is 2.41. The zero-order valence-corrected chi connectivity index (χ0v) is 14.7. The van der Waals surface area contributed by atoms with Crippen LogP contribution in [0.2, 0.25) is 0 Å². The molecule has 1 atom stereocenters. The minimum absolute atomic E-state index is 0.0281. The van der Waals surface area contributed by atoms with E-state index >= 15 is 0 Å². The van der Waals surface area contributed by atoms with E-state index in [1.54, 1.807) is 0 Å². The van der Waals surface area contributed by atoms with E-state index in [9.17, 15) is 9.59 Å². The lowest BCUT2D eigenvalue weighted by atomic mass is 9.97. The first-order chi connectivity index (χ1) is 11.7. The number of hydrogen-bond acceptors (Lipinski definition) is 4. The second kappa shape index (κ2) is 7.71. The van der Waals surface area contributed by atoms with Crippen molar-refractivity contribution in [3.8, 4) is 10.6 Å². The lowest BCUT2D eigenvalue weighted by Gasteiger charge is -2.18. The number of aldehydes is 1. The summed E-state index contributed by atoms with van der Waals surface area (Å²) in [4.78, 5) is 30.3. The van der Waals surface area contributed by atoms with Gasteiger partial charge < -0.3 is 9.69 Å². The van der Waals surface area contributed by atoms with Crippen LogP contribution in [0.25, 0.3) is 10.6 Å². The van der Waals surface area contributed by atoms with E-state index < -0.39 is 0 Å². The van der Waals surface area contributed by atoms with Gasteiger partial charge in [0.05, 0.1) is 0 Å². The van der Waals surface area contributed by atoms with Crippen LogP contribution < -0.4 is 0 Å². The molecule has 2 aromatic rings. The molecule has 2 heterocycles. The molecule has 1 aromatic carbocycles. The van der Waals surface area contributed by atoms with Crippen LogP contribution in [-0.2, 0) is 4.79 Å². The highest BCUT2D eigenvalue weighted by molar-refractivity contribution is 7.13. The fourth-order valence-electron chi connectivity index (χ4n) is 3.09. The van der Waals surface area contributed by atoms with Crippen LogP contribution in [0.3, 0.4) is 0 Å². The van der Waals surface area contributed by atoms with Gasteiger partial charge in [0.2, 0.25) is 0 Å². The van der Waals surface area contributed by atoms with Crippen molar-refractivity contribution in [3.63, 3.8) is 0 Å². The number of aromatic nitrogens is 1. The van der Waals surface area contributed by atoms with Crippen molar-refractivity contribution >= 4 is 23.5 Å². The van der Waals surface area contributed by atoms with E-state index in [0.717, 1.165) is 48.4 Å². The van der Waals surface area contributed by atoms with Gasteiger partial charge in [0.25, 0.3) is 5.91 Å². The maximum absolute atomic E-state index is 12.7. The molecule has 0 spiro atoms. The summed E-state index contributed by atoms with van der Waals surface area (Å²) in [6.45, 7) is 3.53. The number of hydrogen-bond donors (Lipinski definition) is 0. The molecule has 126 valence electrons. The van der Waals surface area contributed by atoms with Gasteiger partial charge in [-0.05, 0) is 18.4 Å². The molecule has 0 aliphatic carbocycles. The first kappa shape index (κ1) is 16.8. The summed E-state index contributed by atoms with van der Waals surface area (Å²) in [5.74, 6) is -0.157. The van der Waals surface area contributed by atoms with Crippen molar-refractivity contribution in [1.29, 1.82) is 0 Å². The SMILES string of the molecule is CC(C=O)c1ccccc1-c1nc(C(=O)N2CCCCCC2)cs1. The normalized spacial score (nSPS) is 16.5. The van der Waals surface area contributed by atoms with E-state index in [-0.39, 0.29) is 11.8 Å². The average Bonchev–Trinajstić information content (AvgIpc) is 2.95. The van der Waals surface area contributed by atoms with Crippen LogP contribution in [0.5, 0.6) is 0 Å². The average molecular weight is 342 g/mol. The van der Waals surface area contributed by atoms with Crippen molar-refractivity contribution in [3.05, 3.63) is 40.9 Å². The third-order valence-electron chi connectivity index (χ3n) is 4.50. The Labute approximate surface area is 146 Å². The van der Waals surface area contributed by atoms with Crippen molar-refractivity contribution in [2.75, 3.05) is 13.1 Å². The van der Waals surface area contributed by atoms with E-state index in [0.29, 0.717) is 5.69 Å². The maximum Gasteiger partial charge on any atom is 0.273 e. The summed E-state index contributed by atoms with van der Waals surface area (Å²) < 4.78 is 0. The number of amides is 1. The monoisotopic (exact) mass is 342 g/mol. The molecule has 0 N–H and O–H groups in total. The second-order valence-corrected chi connectivity index (χ2v) is 7.11. The van der Waals surface area contributed by atoms with Crippen LogP contribution in [0.1, 0.15) is 54.6 Å². The Morgan fingerprint density at radius 3 is 2.62 bits per heavy atom. The van der Waals surface area contributed by atoms with Crippen LogP contribution in [0.15, 0.2) is 29.6 Å². The first-order valence-electron chi connectivity index (χ1n) is 8.50. The number of rotatable bonds is 4. The van der Waals surface area contributed by atoms with Gasteiger partial charge in [0.15, 0.2) is 0 Å². The molecule has 3 rings (SSSR count). The standard InChI is InChI=1S/C19H22N2O2S/c1-14(12-22)15-8-4-5-9-16(15)18-20-17(13-24-18)19(23)21-10-6-2-3-7-11-21/h4-5,8-9,12-14H,2-3,6-7,10-11H2,1H3. The zero-order valence-electron chi connectivity index (χ0n) is 13.9. The third-order valence-corrected chi connectivity index (χ3v) is 5.38. The van der Waals surface area contributed by atoms with Gasteiger partial charge in [0.1, 0.15) is 17.0 Å². The molecule has 1 aliphatic heterocycles. The molecule has 5 heteroatoms. The summed E-state index contributed by atoms with van der Waals surface area (Å²) >= 11 is 1.47. The van der Waals surface area contributed by atoms with E-state index in [1.165, 1.54) is 24.2 Å². The first-order valence-corrected chi connectivity index (χ1v) is 9.38. The number of benzene rings is 1. The Morgan fingerprint density at radius 1 is 1.21 bits per heavy atom. The highest BCUT2D eigenvalue weighted by atomic mass is 32.1. The van der Waals surface area contributed by atoms with Crippen molar-refractivity contribution in [1.82, 2.24) is 9.88 Å². The number of nitrogens with zero attached hydrogens (tertiary/aromatic N) is 2. The minimum atomic E-state index is -0.185. The minimum Gasteiger partial charge on any atom is -0.337 e. The molecule has 24 heavy (non-hydrogen) atoms. The number of likely N-dealkylation sites (tertiary alicyclic amines) is 1. The third kappa shape index (κ3) is 3.56. The highest BCUT2D eigenvalue weighted by Gasteiger charge is 2.21. The van der Waals surface area contributed by atoms with Crippen LogP contribution in [-0.4, -0.2) is 35.2 Å². The van der Waals surface area contributed by atoms with Gasteiger partial charge in [-0.15, -0.1) is 11.3 Å². The van der Waals surface area contributed by atoms with E-state index in [2.05, 4.69) is 4.98 Å². The fourth-order valence-corrected chi connectivity index (χ4v) is 3.93. The van der Waals surface area contributed by atoms with Crippen LogP contribution in [0, 0.1) is 0 Å². The van der Waals surface area contributed by atoms with E-state index in [4.69, 9.17) is 0 Å². The Hall–Kier alpha value is -2.01. The lowest BCUT2D eigenvalue weighted by Crippen LogP contribution is -2.32. The molecule has 1 saturated heterocycles. The van der Waals surface area contributed by atoms with Gasteiger partial charge >= 0.3 is 0 Å². The predicted molar refractivity (Wildman–Crippen MR) is 96.4 cm³/mol. The Balaban J connectivity index is 1.86. The maximum atomic E-state index is 12.7. The summed E-state index contributed by atoms with van der Waals surface area (Å²) in [6.07, 6.45) is 5.48. The number of thiazole rings is 1. The topological polar surface area (TPSA) is 50.3 Å². The lowest BCUT2D eigenvalue weighted by molar-refractivity contribution is -0.108. The molecule has 1 fully saturated rings. The molecule has 1 aromatic heterocycles. The molecule has 1 unspecified atom stereocenters. The quantitative estimate of drug-likeness (QED) is 0.785. The van der Waals surface area contributed by atoms with Crippen LogP contribution >= 0.6 is 11.3 Å². The van der Waals surface area contributed by atoms with E-state index in [1.807, 2.05) is 41.5 Å². The zero-order chi connectivity index (χ0) is 16.9. The largest absolute Gasteiger partial charge is 0.337 e. The molecule has 4 nitrogen and oxygen atoms in total. The Morgan fingerprint density at radius 2 is 1.92 bits per heavy atom. The number of carbonyl (C=O) groups excluding carboxylic acids is 2. The fraction of sp³-hybridized carbons (Fsp3) is 0.421. The van der Waals surface area contributed by atoms with Gasteiger partial charge in [-0.1, -0.05) is 44.0 Å². The van der Waals surface area contributed by atoms with Gasteiger partial charge in [0, 0.05) is 30.0 Å². The summed E-state index contributed by atoms with van der Waals surface area (Å²) in [7, 11) is 0. The van der Waals surface area contributed by atoms with Crippen LogP contribution in [0.4, 0.5) is 0 Å². The second-order valence-electron chi connectivity index (χ2n) is 6.26. The summed E-state index contributed by atoms with van der Waals surface area (Å²) in [6, 6.07) is 7.78. The Kier molecular flexibility index (Phi) is 5.41. The van der Waals surface area contributed by atoms with Crippen molar-refractivity contribution in [2.24, 2.45) is 0 Å². The Bertz CT molecular complexity index is 718. The molecule has 1 aliphatic rings. The molecular weight excluding hydrogens is 320 g/mol. The predicted octanol–water partition coefficient (Wildman–Crippen LogP) is 4.13.